The molecule has 0 aliphatic heterocycles. The molecule has 0 rings (SSSR count). The molecule has 0 radical (unpaired) electrons. The maximum absolute atomic E-state index is 12.8. The molecular formula is C62H102O6. The number of carbonyl (C=O) groups excluding carboxylic acids is 3. The van der Waals surface area contributed by atoms with E-state index in [9.17, 15) is 14.4 Å². The molecule has 1 atom stereocenters. The summed E-state index contributed by atoms with van der Waals surface area (Å²) in [6, 6.07) is 0. The van der Waals surface area contributed by atoms with E-state index in [0.29, 0.717) is 19.3 Å². The van der Waals surface area contributed by atoms with E-state index in [0.717, 1.165) is 141 Å². The number of ether oxygens (including phenoxy) is 3. The molecule has 0 fully saturated rings. The molecule has 0 N–H and O–H groups in total. The second kappa shape index (κ2) is 55.7. The van der Waals surface area contributed by atoms with Gasteiger partial charge >= 0.3 is 17.9 Å². The van der Waals surface area contributed by atoms with Crippen LogP contribution in [0.2, 0.25) is 0 Å². The van der Waals surface area contributed by atoms with Crippen molar-refractivity contribution < 1.29 is 28.6 Å². The van der Waals surface area contributed by atoms with Gasteiger partial charge in [-0.3, -0.25) is 14.4 Å². The van der Waals surface area contributed by atoms with E-state index >= 15 is 0 Å². The highest BCUT2D eigenvalue weighted by Crippen LogP contribution is 2.14. The summed E-state index contributed by atoms with van der Waals surface area (Å²) in [4.78, 5) is 38.1. The minimum atomic E-state index is -0.803. The highest BCUT2D eigenvalue weighted by molar-refractivity contribution is 5.71. The molecule has 0 aromatic rings. The molecule has 0 aliphatic rings. The zero-order valence-electron chi connectivity index (χ0n) is 44.1. The van der Waals surface area contributed by atoms with Crippen LogP contribution in [0.3, 0.4) is 0 Å². The van der Waals surface area contributed by atoms with Crippen molar-refractivity contribution in [3.8, 4) is 0 Å². The molecule has 0 bridgehead atoms. The van der Waals surface area contributed by atoms with Gasteiger partial charge in [-0.05, 0) is 122 Å². The zero-order chi connectivity index (χ0) is 49.3. The summed E-state index contributed by atoms with van der Waals surface area (Å²) in [7, 11) is 0. The molecule has 0 aromatic carbocycles. The van der Waals surface area contributed by atoms with Crippen LogP contribution in [0.15, 0.2) is 109 Å². The maximum Gasteiger partial charge on any atom is 0.306 e. The van der Waals surface area contributed by atoms with Gasteiger partial charge in [-0.2, -0.15) is 0 Å². The van der Waals surface area contributed by atoms with Gasteiger partial charge in [0.05, 0.1) is 0 Å². The van der Waals surface area contributed by atoms with Gasteiger partial charge in [-0.15, -0.1) is 0 Å². The minimum absolute atomic E-state index is 0.0992. The van der Waals surface area contributed by atoms with E-state index in [1.165, 1.54) is 64.2 Å². The highest BCUT2D eigenvalue weighted by atomic mass is 16.6. The summed E-state index contributed by atoms with van der Waals surface area (Å²) in [6.07, 6.45) is 75.0. The van der Waals surface area contributed by atoms with E-state index in [1.54, 1.807) is 0 Å². The van der Waals surface area contributed by atoms with Gasteiger partial charge in [0.25, 0.3) is 0 Å². The SMILES string of the molecule is CC/C=C\C/C=C\C/C=C\C/C=C\CCCCCCCCCCC(=O)OCC(COC(=O)CCCCC/C=C\C/C=C\C/C=C\CC)OC(=O)CCCCCCC/C=C\C/C=C\CCCCCC. The Labute approximate surface area is 419 Å². The first-order valence-corrected chi connectivity index (χ1v) is 27.9. The van der Waals surface area contributed by atoms with Crippen molar-refractivity contribution in [2.75, 3.05) is 13.2 Å². The summed E-state index contributed by atoms with van der Waals surface area (Å²) in [6.45, 7) is 6.35. The number of hydrogen-bond donors (Lipinski definition) is 0. The third kappa shape index (κ3) is 53.0. The van der Waals surface area contributed by atoms with Crippen LogP contribution >= 0.6 is 0 Å². The van der Waals surface area contributed by atoms with Gasteiger partial charge in [0.15, 0.2) is 6.10 Å². The van der Waals surface area contributed by atoms with Crippen LogP contribution < -0.4 is 0 Å². The topological polar surface area (TPSA) is 78.9 Å². The van der Waals surface area contributed by atoms with Crippen molar-refractivity contribution in [2.45, 2.75) is 252 Å². The van der Waals surface area contributed by atoms with Crippen molar-refractivity contribution in [3.63, 3.8) is 0 Å². The number of unbranched alkanes of at least 4 members (excludes halogenated alkanes) is 20. The van der Waals surface area contributed by atoms with Crippen LogP contribution in [0.4, 0.5) is 0 Å². The molecule has 0 heterocycles. The Morgan fingerprint density at radius 1 is 0.309 bits per heavy atom. The molecule has 0 aliphatic carbocycles. The first-order chi connectivity index (χ1) is 33.5. The number of carbonyl (C=O) groups is 3. The molecule has 386 valence electrons. The molecule has 0 saturated carbocycles. The van der Waals surface area contributed by atoms with E-state index in [1.807, 2.05) is 0 Å². The molecule has 6 nitrogen and oxygen atoms in total. The van der Waals surface area contributed by atoms with E-state index in [-0.39, 0.29) is 31.1 Å². The van der Waals surface area contributed by atoms with Gasteiger partial charge in [-0.25, -0.2) is 0 Å². The molecule has 6 heteroatoms. The molecule has 1 unspecified atom stereocenters. The predicted octanol–water partition coefficient (Wildman–Crippen LogP) is 18.7. The Kier molecular flexibility index (Phi) is 52.4. The van der Waals surface area contributed by atoms with Crippen LogP contribution in [-0.2, 0) is 28.6 Å². The van der Waals surface area contributed by atoms with Crippen molar-refractivity contribution in [1.29, 1.82) is 0 Å². The second-order valence-electron chi connectivity index (χ2n) is 18.1. The first-order valence-electron chi connectivity index (χ1n) is 27.9. The number of esters is 3. The third-order valence-electron chi connectivity index (χ3n) is 11.5. The largest absolute Gasteiger partial charge is 0.462 e. The lowest BCUT2D eigenvalue weighted by Gasteiger charge is -2.18. The summed E-state index contributed by atoms with van der Waals surface area (Å²) < 4.78 is 16.8. The zero-order valence-corrected chi connectivity index (χ0v) is 44.1. The van der Waals surface area contributed by atoms with Gasteiger partial charge in [0.2, 0.25) is 0 Å². The van der Waals surface area contributed by atoms with Crippen LogP contribution in [0.25, 0.3) is 0 Å². The molecule has 0 saturated heterocycles. The van der Waals surface area contributed by atoms with Crippen LogP contribution in [-0.4, -0.2) is 37.2 Å². The van der Waals surface area contributed by atoms with Crippen molar-refractivity contribution in [1.82, 2.24) is 0 Å². The Balaban J connectivity index is 4.43. The molecular weight excluding hydrogens is 841 g/mol. The van der Waals surface area contributed by atoms with Crippen molar-refractivity contribution in [3.05, 3.63) is 109 Å². The summed E-state index contributed by atoms with van der Waals surface area (Å²) >= 11 is 0. The minimum Gasteiger partial charge on any atom is -0.462 e. The lowest BCUT2D eigenvalue weighted by Crippen LogP contribution is -2.30. The lowest BCUT2D eigenvalue weighted by molar-refractivity contribution is -0.167. The standard InChI is InChI=1S/C62H102O6/c1-4-7-10-13-16-19-22-25-27-29-30-31-32-33-35-37-40-43-46-49-52-55-61(64)67-58-59(57-66-60(63)54-51-48-45-42-39-36-24-21-18-15-12-9-6-3)68-62(65)56-53-50-47-44-41-38-34-28-26-23-20-17-14-11-8-5-2/h7,9-10,12,16,18-21,23,25,27-28,30-31,34,36,39,59H,4-6,8,11,13-15,17,22,24,26,29,32-33,35,37-38,40-58H2,1-3H3/b10-7-,12-9-,19-16-,21-18-,23-20-,27-25-,31-30-,34-28-,39-36-. The predicted molar refractivity (Wildman–Crippen MR) is 293 cm³/mol. The van der Waals surface area contributed by atoms with Crippen LogP contribution in [0.5, 0.6) is 0 Å². The fourth-order valence-electron chi connectivity index (χ4n) is 7.36. The lowest BCUT2D eigenvalue weighted by atomic mass is 10.1. The first kappa shape index (κ1) is 64.1. The summed E-state index contributed by atoms with van der Waals surface area (Å²) in [5.41, 5.74) is 0. The van der Waals surface area contributed by atoms with Gasteiger partial charge in [0.1, 0.15) is 13.2 Å². The van der Waals surface area contributed by atoms with E-state index < -0.39 is 6.10 Å². The second-order valence-corrected chi connectivity index (χ2v) is 18.1. The van der Waals surface area contributed by atoms with Crippen LogP contribution in [0.1, 0.15) is 245 Å². The molecule has 68 heavy (non-hydrogen) atoms. The number of rotatable bonds is 49. The summed E-state index contributed by atoms with van der Waals surface area (Å²) in [5.74, 6) is -0.952. The Hall–Kier alpha value is -3.93. The normalized spacial score (nSPS) is 12.9. The highest BCUT2D eigenvalue weighted by Gasteiger charge is 2.19. The van der Waals surface area contributed by atoms with E-state index in [4.69, 9.17) is 14.2 Å². The van der Waals surface area contributed by atoms with Crippen molar-refractivity contribution >= 4 is 17.9 Å². The van der Waals surface area contributed by atoms with Crippen LogP contribution in [0, 0.1) is 0 Å². The number of allylic oxidation sites excluding steroid dienone is 18. The number of hydrogen-bond acceptors (Lipinski definition) is 6. The molecule has 0 aromatic heterocycles. The summed E-state index contributed by atoms with van der Waals surface area (Å²) in [5, 5.41) is 0. The average molecular weight is 943 g/mol. The van der Waals surface area contributed by atoms with Gasteiger partial charge in [0, 0.05) is 19.3 Å². The monoisotopic (exact) mass is 943 g/mol. The Morgan fingerprint density at radius 3 is 0.912 bits per heavy atom. The quantitative estimate of drug-likeness (QED) is 0.0262. The van der Waals surface area contributed by atoms with Crippen molar-refractivity contribution in [2.24, 2.45) is 0 Å². The molecule has 0 amide bonds. The fourth-order valence-corrected chi connectivity index (χ4v) is 7.36. The Morgan fingerprint density at radius 2 is 0.574 bits per heavy atom. The van der Waals surface area contributed by atoms with E-state index in [2.05, 4.69) is 130 Å². The fraction of sp³-hybridized carbons (Fsp3) is 0.661. The third-order valence-corrected chi connectivity index (χ3v) is 11.5. The van der Waals surface area contributed by atoms with Gasteiger partial charge in [-0.1, -0.05) is 214 Å². The van der Waals surface area contributed by atoms with Gasteiger partial charge < -0.3 is 14.2 Å². The smallest absolute Gasteiger partial charge is 0.306 e. The average Bonchev–Trinajstić information content (AvgIpc) is 3.34. The molecule has 0 spiro atoms. The maximum atomic E-state index is 12.8. The Bertz CT molecular complexity index is 1410.